The molecule has 30 heavy (non-hydrogen) atoms. The SMILES string of the molecule is CCOc1cc(C=NNC(=O)c2cccnc2)ccc1OCc1ccc(C(=O)O)o1. The van der Waals surface area contributed by atoms with E-state index in [4.69, 9.17) is 19.0 Å². The molecule has 0 spiro atoms. The summed E-state index contributed by atoms with van der Waals surface area (Å²) in [6.45, 7) is 2.30. The summed E-state index contributed by atoms with van der Waals surface area (Å²) in [5.74, 6) is -0.358. The van der Waals surface area contributed by atoms with Crippen molar-refractivity contribution in [3.05, 3.63) is 77.5 Å². The smallest absolute Gasteiger partial charge is 0.371 e. The topological polar surface area (TPSA) is 123 Å². The van der Waals surface area contributed by atoms with Crippen LogP contribution in [0.15, 0.2) is 64.4 Å². The molecule has 0 radical (unpaired) electrons. The highest BCUT2D eigenvalue weighted by atomic mass is 16.5. The van der Waals surface area contributed by atoms with Crippen LogP contribution in [0.5, 0.6) is 11.5 Å². The molecule has 0 bridgehead atoms. The maximum absolute atomic E-state index is 12.0. The van der Waals surface area contributed by atoms with E-state index < -0.39 is 5.97 Å². The zero-order chi connectivity index (χ0) is 21.3. The van der Waals surface area contributed by atoms with E-state index in [0.29, 0.717) is 35.0 Å². The lowest BCUT2D eigenvalue weighted by Gasteiger charge is -2.11. The van der Waals surface area contributed by atoms with Crippen molar-refractivity contribution in [3.8, 4) is 11.5 Å². The van der Waals surface area contributed by atoms with E-state index in [2.05, 4.69) is 15.5 Å². The first-order valence-electron chi connectivity index (χ1n) is 9.02. The molecule has 0 fully saturated rings. The van der Waals surface area contributed by atoms with Gasteiger partial charge in [0.25, 0.3) is 5.91 Å². The normalized spacial score (nSPS) is 10.7. The number of hydrogen-bond donors (Lipinski definition) is 2. The summed E-state index contributed by atoms with van der Waals surface area (Å²) < 4.78 is 16.5. The van der Waals surface area contributed by atoms with Gasteiger partial charge in [-0.25, -0.2) is 10.2 Å². The minimum Gasteiger partial charge on any atom is -0.490 e. The van der Waals surface area contributed by atoms with Crippen LogP contribution in [0.4, 0.5) is 0 Å². The van der Waals surface area contributed by atoms with Crippen LogP contribution in [0.25, 0.3) is 0 Å². The number of nitrogens with one attached hydrogen (secondary N) is 1. The number of nitrogens with zero attached hydrogens (tertiary/aromatic N) is 2. The zero-order valence-corrected chi connectivity index (χ0v) is 16.1. The third kappa shape index (κ3) is 5.44. The number of carboxylic acid groups (broad SMARTS) is 1. The number of amides is 1. The third-order valence-corrected chi connectivity index (χ3v) is 3.81. The predicted molar refractivity (Wildman–Crippen MR) is 107 cm³/mol. The van der Waals surface area contributed by atoms with Gasteiger partial charge in [0.2, 0.25) is 5.76 Å². The molecule has 1 aromatic carbocycles. The van der Waals surface area contributed by atoms with Crippen molar-refractivity contribution in [1.82, 2.24) is 10.4 Å². The van der Waals surface area contributed by atoms with Crippen LogP contribution in [-0.2, 0) is 6.61 Å². The molecule has 2 N–H and O–H groups in total. The van der Waals surface area contributed by atoms with Crippen molar-refractivity contribution in [2.75, 3.05) is 6.61 Å². The summed E-state index contributed by atoms with van der Waals surface area (Å²) in [5.41, 5.74) is 3.51. The molecule has 3 aromatic rings. The van der Waals surface area contributed by atoms with Crippen LogP contribution >= 0.6 is 0 Å². The van der Waals surface area contributed by atoms with Gasteiger partial charge >= 0.3 is 5.97 Å². The maximum atomic E-state index is 12.0. The van der Waals surface area contributed by atoms with Crippen molar-refractivity contribution >= 4 is 18.1 Å². The van der Waals surface area contributed by atoms with Gasteiger partial charge in [-0.15, -0.1) is 0 Å². The Kier molecular flexibility index (Phi) is 6.78. The van der Waals surface area contributed by atoms with Crippen LogP contribution in [0.1, 0.15) is 39.2 Å². The van der Waals surface area contributed by atoms with Gasteiger partial charge in [0.1, 0.15) is 12.4 Å². The Hall–Kier alpha value is -4.14. The summed E-state index contributed by atoms with van der Waals surface area (Å²) >= 11 is 0. The second-order valence-electron chi connectivity index (χ2n) is 5.94. The Balaban J connectivity index is 1.65. The maximum Gasteiger partial charge on any atom is 0.371 e. The molecule has 0 saturated heterocycles. The molecule has 0 aliphatic heterocycles. The number of hydrazone groups is 1. The number of carbonyl (C=O) groups excluding carboxylic acids is 1. The Morgan fingerprint density at radius 3 is 2.77 bits per heavy atom. The second kappa shape index (κ2) is 9.87. The van der Waals surface area contributed by atoms with Gasteiger partial charge in [-0.1, -0.05) is 0 Å². The standard InChI is InChI=1S/C21H19N3O6/c1-2-28-19-10-14(11-23-24-20(25)15-4-3-9-22-12-15)5-7-17(19)29-13-16-6-8-18(30-16)21(26)27/h3-12H,2,13H2,1H3,(H,24,25)(H,26,27). The Bertz CT molecular complexity index is 1050. The van der Waals surface area contributed by atoms with E-state index in [1.165, 1.54) is 24.5 Å². The summed E-state index contributed by atoms with van der Waals surface area (Å²) in [6.07, 6.45) is 4.50. The number of rotatable bonds is 9. The average molecular weight is 409 g/mol. The van der Waals surface area contributed by atoms with Crippen LogP contribution in [0.3, 0.4) is 0 Å². The zero-order valence-electron chi connectivity index (χ0n) is 16.1. The number of hydrogen-bond acceptors (Lipinski definition) is 7. The monoisotopic (exact) mass is 409 g/mol. The molecule has 0 unspecified atom stereocenters. The molecule has 3 rings (SSSR count). The Morgan fingerprint density at radius 2 is 2.07 bits per heavy atom. The second-order valence-corrected chi connectivity index (χ2v) is 5.94. The van der Waals surface area contributed by atoms with Crippen LogP contribution in [-0.4, -0.2) is 34.8 Å². The van der Waals surface area contributed by atoms with Crippen molar-refractivity contribution < 1.29 is 28.6 Å². The molecule has 2 heterocycles. The van der Waals surface area contributed by atoms with Crippen molar-refractivity contribution in [2.45, 2.75) is 13.5 Å². The molecule has 9 heteroatoms. The largest absolute Gasteiger partial charge is 0.490 e. The van der Waals surface area contributed by atoms with E-state index in [0.717, 1.165) is 0 Å². The first kappa shape index (κ1) is 20.6. The quantitative estimate of drug-likeness (QED) is 0.411. The lowest BCUT2D eigenvalue weighted by molar-refractivity contribution is 0.0657. The molecule has 2 aromatic heterocycles. The number of pyridine rings is 1. The highest BCUT2D eigenvalue weighted by molar-refractivity contribution is 5.94. The molecule has 1 amide bonds. The van der Waals surface area contributed by atoms with E-state index in [1.54, 1.807) is 36.5 Å². The average Bonchev–Trinajstić information content (AvgIpc) is 3.23. The lowest BCUT2D eigenvalue weighted by Crippen LogP contribution is -2.17. The Morgan fingerprint density at radius 1 is 1.20 bits per heavy atom. The highest BCUT2D eigenvalue weighted by Gasteiger charge is 2.11. The number of aromatic carboxylic acids is 1. The minimum atomic E-state index is -1.14. The van der Waals surface area contributed by atoms with E-state index in [9.17, 15) is 9.59 Å². The number of furan rings is 1. The fourth-order valence-corrected chi connectivity index (χ4v) is 2.44. The fraction of sp³-hybridized carbons (Fsp3) is 0.143. The van der Waals surface area contributed by atoms with E-state index in [1.807, 2.05) is 6.92 Å². The molecular weight excluding hydrogens is 390 g/mol. The van der Waals surface area contributed by atoms with Crippen LogP contribution in [0.2, 0.25) is 0 Å². The van der Waals surface area contributed by atoms with E-state index >= 15 is 0 Å². The Labute approximate surface area is 172 Å². The van der Waals surface area contributed by atoms with Crippen molar-refractivity contribution in [3.63, 3.8) is 0 Å². The molecule has 0 atom stereocenters. The summed E-state index contributed by atoms with van der Waals surface area (Å²) in [7, 11) is 0. The number of aromatic nitrogens is 1. The highest BCUT2D eigenvalue weighted by Crippen LogP contribution is 2.29. The molecule has 0 aliphatic rings. The van der Waals surface area contributed by atoms with Gasteiger partial charge in [0.05, 0.1) is 18.4 Å². The van der Waals surface area contributed by atoms with E-state index in [-0.39, 0.29) is 18.3 Å². The number of ether oxygens (including phenoxy) is 2. The van der Waals surface area contributed by atoms with Crippen molar-refractivity contribution in [2.24, 2.45) is 5.10 Å². The minimum absolute atomic E-state index is 0.0436. The first-order chi connectivity index (χ1) is 14.6. The van der Waals surface area contributed by atoms with Gasteiger partial charge in [-0.3, -0.25) is 9.78 Å². The number of carbonyl (C=O) groups is 2. The molecule has 0 aliphatic carbocycles. The number of benzene rings is 1. The lowest BCUT2D eigenvalue weighted by atomic mass is 10.2. The summed E-state index contributed by atoms with van der Waals surface area (Å²) in [5, 5.41) is 12.8. The van der Waals surface area contributed by atoms with Gasteiger partial charge in [0.15, 0.2) is 11.5 Å². The molecular formula is C21H19N3O6. The van der Waals surface area contributed by atoms with Gasteiger partial charge < -0.3 is 19.0 Å². The molecule has 154 valence electrons. The number of carboxylic acids is 1. The molecule has 0 saturated carbocycles. The van der Waals surface area contributed by atoms with Gasteiger partial charge in [-0.2, -0.15) is 5.10 Å². The van der Waals surface area contributed by atoms with Crippen LogP contribution < -0.4 is 14.9 Å². The summed E-state index contributed by atoms with van der Waals surface area (Å²) in [6, 6.07) is 11.3. The molecule has 9 nitrogen and oxygen atoms in total. The van der Waals surface area contributed by atoms with Gasteiger partial charge in [0, 0.05) is 12.4 Å². The summed E-state index contributed by atoms with van der Waals surface area (Å²) in [4.78, 5) is 26.7. The van der Waals surface area contributed by atoms with Crippen LogP contribution in [0, 0.1) is 0 Å². The van der Waals surface area contributed by atoms with Gasteiger partial charge in [-0.05, 0) is 55.0 Å². The first-order valence-corrected chi connectivity index (χ1v) is 9.02. The van der Waals surface area contributed by atoms with Crippen molar-refractivity contribution in [1.29, 1.82) is 0 Å². The fourth-order valence-electron chi connectivity index (χ4n) is 2.44. The predicted octanol–water partition coefficient (Wildman–Crippen LogP) is 3.11. The third-order valence-electron chi connectivity index (χ3n) is 3.81.